The summed E-state index contributed by atoms with van der Waals surface area (Å²) in [7, 11) is 1.86. The average Bonchev–Trinajstić information content (AvgIpc) is 3.05. The minimum absolute atomic E-state index is 0.320. The summed E-state index contributed by atoms with van der Waals surface area (Å²) in [5.41, 5.74) is 0.693. The van der Waals surface area contributed by atoms with Gasteiger partial charge in [0.1, 0.15) is 17.8 Å². The van der Waals surface area contributed by atoms with Crippen LogP contribution in [-0.4, -0.2) is 30.6 Å². The molecule has 2 heterocycles. The smallest absolute Gasteiger partial charge is 0.321 e. The molecule has 2 aromatic heterocycles. The maximum Gasteiger partial charge on any atom is 0.451 e. The zero-order valence-electron chi connectivity index (χ0n) is 16.0. The summed E-state index contributed by atoms with van der Waals surface area (Å²) in [6.45, 7) is 4.06. The van der Waals surface area contributed by atoms with Gasteiger partial charge in [-0.3, -0.25) is 4.79 Å². The van der Waals surface area contributed by atoms with Gasteiger partial charge in [0.25, 0.3) is 5.91 Å². The van der Waals surface area contributed by atoms with Crippen molar-refractivity contribution in [2.24, 2.45) is 7.05 Å². The number of nitrogens with one attached hydrogen (secondary N) is 1. The summed E-state index contributed by atoms with van der Waals surface area (Å²) in [5.74, 6) is -1.30. The van der Waals surface area contributed by atoms with E-state index in [0.29, 0.717) is 12.1 Å². The first kappa shape index (κ1) is 20.4. The summed E-state index contributed by atoms with van der Waals surface area (Å²) < 4.78 is 40.1. The minimum Gasteiger partial charge on any atom is -0.321 e. The van der Waals surface area contributed by atoms with Gasteiger partial charge in [-0.2, -0.15) is 13.2 Å². The zero-order valence-corrected chi connectivity index (χ0v) is 16.0. The predicted octanol–water partition coefficient (Wildman–Crippen LogP) is 3.40. The van der Waals surface area contributed by atoms with Gasteiger partial charge in [0.15, 0.2) is 0 Å². The van der Waals surface area contributed by atoms with Crippen molar-refractivity contribution in [1.82, 2.24) is 24.7 Å². The Morgan fingerprint density at radius 1 is 1.21 bits per heavy atom. The van der Waals surface area contributed by atoms with Gasteiger partial charge >= 0.3 is 6.18 Å². The van der Waals surface area contributed by atoms with Gasteiger partial charge < -0.3 is 9.88 Å². The van der Waals surface area contributed by atoms with E-state index in [1.165, 1.54) is 0 Å². The number of halogens is 3. The second-order valence-corrected chi connectivity index (χ2v) is 7.22. The van der Waals surface area contributed by atoms with E-state index in [1.54, 1.807) is 24.5 Å². The molecule has 1 N–H and O–H groups in total. The van der Waals surface area contributed by atoms with E-state index in [0.717, 1.165) is 23.7 Å². The number of benzene rings is 1. The van der Waals surface area contributed by atoms with E-state index >= 15 is 0 Å². The van der Waals surface area contributed by atoms with Crippen LogP contribution in [0, 0.1) is 0 Å². The van der Waals surface area contributed by atoms with E-state index in [-0.39, 0.29) is 11.1 Å². The third kappa shape index (κ3) is 4.76. The maximum atomic E-state index is 12.8. The Labute approximate surface area is 165 Å². The van der Waals surface area contributed by atoms with Gasteiger partial charge in [-0.15, -0.1) is 10.2 Å². The summed E-state index contributed by atoms with van der Waals surface area (Å²) in [6.07, 6.45) is -1.58. The maximum absolute atomic E-state index is 12.8. The van der Waals surface area contributed by atoms with Crippen LogP contribution in [0.25, 0.3) is 0 Å². The summed E-state index contributed by atoms with van der Waals surface area (Å²) in [4.78, 5) is 18.8. The lowest BCUT2D eigenvalue weighted by Gasteiger charge is -2.25. The number of alkyl halides is 3. The van der Waals surface area contributed by atoms with Crippen molar-refractivity contribution in [2.45, 2.75) is 31.9 Å². The number of nitrogens with zero attached hydrogens (tertiary/aromatic N) is 5. The normalized spacial score (nSPS) is 12.1. The lowest BCUT2D eigenvalue weighted by molar-refractivity contribution is -0.145. The van der Waals surface area contributed by atoms with Crippen LogP contribution in [0.2, 0.25) is 0 Å². The Morgan fingerprint density at radius 2 is 1.97 bits per heavy atom. The van der Waals surface area contributed by atoms with Crippen LogP contribution in [0.3, 0.4) is 0 Å². The molecular weight excluding hydrogens is 385 g/mol. The fourth-order valence-electron chi connectivity index (χ4n) is 2.80. The summed E-state index contributed by atoms with van der Waals surface area (Å²) in [6, 6.07) is 8.25. The SMILES string of the molecule is Cn1cnnc1CC(C)(C)c1cccc(NC(=O)c2ccnc(C(F)(F)F)n2)c1. The van der Waals surface area contributed by atoms with Crippen LogP contribution >= 0.6 is 0 Å². The van der Waals surface area contributed by atoms with E-state index in [1.807, 2.05) is 31.5 Å². The molecule has 3 aromatic rings. The first-order valence-corrected chi connectivity index (χ1v) is 8.71. The van der Waals surface area contributed by atoms with Gasteiger partial charge in [0, 0.05) is 25.4 Å². The number of anilines is 1. The number of hydrogen-bond acceptors (Lipinski definition) is 5. The Hall–Kier alpha value is -3.30. The molecule has 7 nitrogen and oxygen atoms in total. The van der Waals surface area contributed by atoms with Crippen molar-refractivity contribution < 1.29 is 18.0 Å². The topological polar surface area (TPSA) is 85.6 Å². The number of hydrogen-bond donors (Lipinski definition) is 1. The largest absolute Gasteiger partial charge is 0.451 e. The van der Waals surface area contributed by atoms with Crippen LogP contribution in [0.5, 0.6) is 0 Å². The Kier molecular flexibility index (Phi) is 5.36. The highest BCUT2D eigenvalue weighted by Crippen LogP contribution is 2.29. The van der Waals surface area contributed by atoms with Crippen LogP contribution in [0.1, 0.15) is 41.5 Å². The van der Waals surface area contributed by atoms with Gasteiger partial charge in [-0.05, 0) is 29.2 Å². The third-order valence-electron chi connectivity index (χ3n) is 4.45. The van der Waals surface area contributed by atoms with Gasteiger partial charge in [0.05, 0.1) is 0 Å². The molecule has 1 amide bonds. The van der Waals surface area contributed by atoms with E-state index < -0.39 is 17.9 Å². The average molecular weight is 404 g/mol. The summed E-state index contributed by atoms with van der Waals surface area (Å²) >= 11 is 0. The Bertz CT molecular complexity index is 1030. The zero-order chi connectivity index (χ0) is 21.2. The molecule has 29 heavy (non-hydrogen) atoms. The molecule has 10 heteroatoms. The minimum atomic E-state index is -4.72. The lowest BCUT2D eigenvalue weighted by atomic mass is 9.81. The Balaban J connectivity index is 1.79. The molecule has 0 atom stereocenters. The standard InChI is InChI=1S/C19H19F3N6O/c1-18(2,10-15-27-24-11-28(15)3)12-5-4-6-13(9-12)25-16(29)14-7-8-23-17(26-14)19(20,21)22/h4-9,11H,10H2,1-3H3,(H,25,29). The quantitative estimate of drug-likeness (QED) is 0.705. The van der Waals surface area contributed by atoms with Crippen molar-refractivity contribution in [1.29, 1.82) is 0 Å². The van der Waals surface area contributed by atoms with Crippen LogP contribution in [0.15, 0.2) is 42.9 Å². The number of carbonyl (C=O) groups excluding carboxylic acids is 1. The molecule has 0 saturated carbocycles. The van der Waals surface area contributed by atoms with Gasteiger partial charge in [0.2, 0.25) is 5.82 Å². The van der Waals surface area contributed by atoms with Crippen molar-refractivity contribution >= 4 is 11.6 Å². The third-order valence-corrected chi connectivity index (χ3v) is 4.45. The molecule has 0 unspecified atom stereocenters. The number of rotatable bonds is 5. The number of aryl methyl sites for hydroxylation is 1. The Morgan fingerprint density at radius 3 is 2.62 bits per heavy atom. The van der Waals surface area contributed by atoms with E-state index in [2.05, 4.69) is 25.5 Å². The number of carbonyl (C=O) groups is 1. The second kappa shape index (κ2) is 7.61. The first-order valence-electron chi connectivity index (χ1n) is 8.71. The molecule has 152 valence electrons. The molecule has 0 saturated heterocycles. The fourth-order valence-corrected chi connectivity index (χ4v) is 2.80. The fraction of sp³-hybridized carbons (Fsp3) is 0.316. The molecule has 0 spiro atoms. The molecule has 0 fully saturated rings. The number of amides is 1. The molecule has 0 aliphatic heterocycles. The van der Waals surface area contributed by atoms with E-state index in [9.17, 15) is 18.0 Å². The van der Waals surface area contributed by atoms with Crippen molar-refractivity contribution in [3.8, 4) is 0 Å². The first-order chi connectivity index (χ1) is 13.6. The van der Waals surface area contributed by atoms with Crippen molar-refractivity contribution in [3.05, 3.63) is 65.8 Å². The van der Waals surface area contributed by atoms with Crippen LogP contribution in [0.4, 0.5) is 18.9 Å². The molecule has 3 rings (SSSR count). The second-order valence-electron chi connectivity index (χ2n) is 7.22. The van der Waals surface area contributed by atoms with E-state index in [4.69, 9.17) is 0 Å². The molecule has 0 radical (unpaired) electrons. The highest BCUT2D eigenvalue weighted by molar-refractivity contribution is 6.02. The van der Waals surface area contributed by atoms with Crippen molar-refractivity contribution in [2.75, 3.05) is 5.32 Å². The molecule has 0 aliphatic rings. The predicted molar refractivity (Wildman–Crippen MR) is 99.2 cm³/mol. The van der Waals surface area contributed by atoms with Crippen LogP contribution in [-0.2, 0) is 25.1 Å². The van der Waals surface area contributed by atoms with Gasteiger partial charge in [-0.25, -0.2) is 9.97 Å². The number of aromatic nitrogens is 5. The highest BCUT2D eigenvalue weighted by atomic mass is 19.4. The molecular formula is C19H19F3N6O. The highest BCUT2D eigenvalue weighted by Gasteiger charge is 2.35. The molecule has 0 aliphatic carbocycles. The summed E-state index contributed by atoms with van der Waals surface area (Å²) in [5, 5.41) is 10.6. The van der Waals surface area contributed by atoms with Crippen LogP contribution < -0.4 is 5.32 Å². The molecule has 0 bridgehead atoms. The van der Waals surface area contributed by atoms with Crippen molar-refractivity contribution in [3.63, 3.8) is 0 Å². The van der Waals surface area contributed by atoms with Gasteiger partial charge in [-0.1, -0.05) is 26.0 Å². The lowest BCUT2D eigenvalue weighted by Crippen LogP contribution is -2.23. The molecule has 1 aromatic carbocycles. The monoisotopic (exact) mass is 404 g/mol.